The first-order valence-corrected chi connectivity index (χ1v) is 10.3. The fraction of sp³-hybridized carbons (Fsp3) is 0.550. The highest BCUT2D eigenvalue weighted by Crippen LogP contribution is 2.28. The summed E-state index contributed by atoms with van der Waals surface area (Å²) in [5, 5.41) is 0.623. The largest absolute Gasteiger partial charge is 0.342 e. The number of carbonyl (C=O) groups is 2. The second kappa shape index (κ2) is 8.25. The molecule has 0 atom stereocenters. The van der Waals surface area contributed by atoms with Crippen LogP contribution in [-0.2, 0) is 9.59 Å². The molecule has 0 aromatic heterocycles. The summed E-state index contributed by atoms with van der Waals surface area (Å²) in [4.78, 5) is 32.7. The molecule has 5 nitrogen and oxygen atoms in total. The van der Waals surface area contributed by atoms with Gasteiger partial charge in [0.1, 0.15) is 6.54 Å². The Morgan fingerprint density at radius 1 is 1.23 bits per heavy atom. The Labute approximate surface area is 159 Å². The lowest BCUT2D eigenvalue weighted by molar-refractivity contribution is -0.129. The van der Waals surface area contributed by atoms with Crippen molar-refractivity contribution in [2.24, 2.45) is 10.9 Å². The molecule has 0 unspecified atom stereocenters. The maximum Gasteiger partial charge on any atom is 0.254 e. The lowest BCUT2D eigenvalue weighted by Gasteiger charge is -2.33. The molecular formula is C20H27N3O2S. The smallest absolute Gasteiger partial charge is 0.254 e. The summed E-state index contributed by atoms with van der Waals surface area (Å²) in [6, 6.07) is 8.15. The van der Waals surface area contributed by atoms with Crippen LogP contribution in [0.25, 0.3) is 0 Å². The maximum absolute atomic E-state index is 12.6. The van der Waals surface area contributed by atoms with Crippen LogP contribution in [0.2, 0.25) is 0 Å². The van der Waals surface area contributed by atoms with Gasteiger partial charge in [0.25, 0.3) is 5.91 Å². The topological polar surface area (TPSA) is 53.0 Å². The summed E-state index contributed by atoms with van der Waals surface area (Å²) in [6.07, 6.45) is 4.56. The van der Waals surface area contributed by atoms with Gasteiger partial charge in [-0.05, 0) is 50.7 Å². The number of rotatable bonds is 4. The number of carbonyl (C=O) groups excluding carboxylic acids is 2. The zero-order chi connectivity index (χ0) is 18.7. The summed E-state index contributed by atoms with van der Waals surface area (Å²) in [5.74, 6) is 1.15. The van der Waals surface area contributed by atoms with Crippen molar-refractivity contribution < 1.29 is 9.59 Å². The van der Waals surface area contributed by atoms with Crippen molar-refractivity contribution in [2.45, 2.75) is 45.6 Å². The summed E-state index contributed by atoms with van der Waals surface area (Å²) < 4.78 is 0. The van der Waals surface area contributed by atoms with Crippen LogP contribution in [-0.4, -0.2) is 47.3 Å². The molecule has 0 radical (unpaired) electrons. The fourth-order valence-corrected chi connectivity index (χ4v) is 4.45. The van der Waals surface area contributed by atoms with E-state index in [0.29, 0.717) is 17.0 Å². The van der Waals surface area contributed by atoms with Gasteiger partial charge >= 0.3 is 0 Å². The quantitative estimate of drug-likeness (QED) is 0.812. The molecule has 2 aliphatic rings. The number of thioether (sulfide) groups is 1. The minimum Gasteiger partial charge on any atom is -0.342 e. The van der Waals surface area contributed by atoms with Gasteiger partial charge in [0, 0.05) is 13.1 Å². The fourth-order valence-electron chi connectivity index (χ4n) is 3.50. The molecule has 1 aliphatic carbocycles. The number of amidine groups is 1. The molecule has 0 saturated heterocycles. The first-order chi connectivity index (χ1) is 12.5. The predicted molar refractivity (Wildman–Crippen MR) is 108 cm³/mol. The van der Waals surface area contributed by atoms with Gasteiger partial charge < -0.3 is 4.90 Å². The Morgan fingerprint density at radius 2 is 1.88 bits per heavy atom. The van der Waals surface area contributed by atoms with E-state index >= 15 is 0 Å². The van der Waals surface area contributed by atoms with Gasteiger partial charge in [-0.1, -0.05) is 36.4 Å². The predicted octanol–water partition coefficient (Wildman–Crippen LogP) is 3.47. The third kappa shape index (κ3) is 4.29. The number of anilines is 1. The van der Waals surface area contributed by atoms with Gasteiger partial charge in [0.15, 0.2) is 5.17 Å². The average Bonchev–Trinajstić information content (AvgIpc) is 3.01. The van der Waals surface area contributed by atoms with E-state index in [4.69, 9.17) is 0 Å². The molecule has 2 amide bonds. The molecule has 1 saturated carbocycles. The maximum atomic E-state index is 12.6. The lowest BCUT2D eigenvalue weighted by Crippen LogP contribution is -2.40. The summed E-state index contributed by atoms with van der Waals surface area (Å²) in [5.41, 5.74) is 1.96. The zero-order valence-corrected chi connectivity index (χ0v) is 16.6. The average molecular weight is 374 g/mol. The second-order valence-corrected chi connectivity index (χ2v) is 8.31. The molecule has 140 valence electrons. The van der Waals surface area contributed by atoms with Crippen molar-refractivity contribution >= 4 is 34.4 Å². The van der Waals surface area contributed by atoms with Crippen LogP contribution in [0.15, 0.2) is 29.3 Å². The van der Waals surface area contributed by atoms with E-state index in [0.717, 1.165) is 30.0 Å². The Morgan fingerprint density at radius 3 is 2.54 bits per heavy atom. The van der Waals surface area contributed by atoms with Crippen LogP contribution >= 0.6 is 11.8 Å². The summed E-state index contributed by atoms with van der Waals surface area (Å²) >= 11 is 1.36. The van der Waals surface area contributed by atoms with Crippen LogP contribution in [0.3, 0.4) is 0 Å². The third-order valence-corrected chi connectivity index (χ3v) is 6.29. The molecule has 3 rings (SSSR count). The number of benzene rings is 1. The standard InChI is InChI=1S/C20H27N3O2S/c1-14-4-8-16(9-5-14)22(3)19(25)13-26-20-21-12-18(24)23(20)17-10-6-15(2)7-11-17/h6-7,10-11,14,16H,4-5,8-9,12-13H2,1-3H3. The molecule has 1 aromatic rings. The van der Waals surface area contributed by atoms with Gasteiger partial charge in [0.05, 0.1) is 11.4 Å². The molecule has 1 heterocycles. The normalized spacial score (nSPS) is 23.1. The third-order valence-electron chi connectivity index (χ3n) is 5.33. The van der Waals surface area contributed by atoms with Crippen LogP contribution in [0.1, 0.15) is 38.2 Å². The van der Waals surface area contributed by atoms with Crippen molar-refractivity contribution in [3.63, 3.8) is 0 Å². The summed E-state index contributed by atoms with van der Waals surface area (Å²) in [6.45, 7) is 4.45. The van der Waals surface area contributed by atoms with Gasteiger partial charge in [-0.25, -0.2) is 0 Å². The van der Waals surface area contributed by atoms with E-state index in [2.05, 4.69) is 11.9 Å². The molecule has 0 bridgehead atoms. The molecule has 26 heavy (non-hydrogen) atoms. The minimum absolute atomic E-state index is 0.0431. The SMILES string of the molecule is Cc1ccc(N2C(=O)CN=C2SCC(=O)N(C)C2CCC(C)CC2)cc1. The number of aliphatic imine (C=N–C) groups is 1. The molecule has 1 fully saturated rings. The highest BCUT2D eigenvalue weighted by molar-refractivity contribution is 8.14. The Kier molecular flexibility index (Phi) is 6.01. The first-order valence-electron chi connectivity index (χ1n) is 9.28. The highest BCUT2D eigenvalue weighted by atomic mass is 32.2. The molecule has 6 heteroatoms. The van der Waals surface area contributed by atoms with Crippen molar-refractivity contribution in [3.8, 4) is 0 Å². The van der Waals surface area contributed by atoms with Crippen LogP contribution < -0.4 is 4.90 Å². The van der Waals surface area contributed by atoms with E-state index in [1.807, 2.05) is 43.1 Å². The van der Waals surface area contributed by atoms with Gasteiger partial charge in [0.2, 0.25) is 5.91 Å². The number of hydrogen-bond acceptors (Lipinski definition) is 4. The Hall–Kier alpha value is -1.82. The minimum atomic E-state index is -0.0431. The van der Waals surface area contributed by atoms with E-state index < -0.39 is 0 Å². The molecular weight excluding hydrogens is 346 g/mol. The first kappa shape index (κ1) is 19.0. The number of aryl methyl sites for hydroxylation is 1. The van der Waals surface area contributed by atoms with Crippen molar-refractivity contribution in [2.75, 3.05) is 24.2 Å². The van der Waals surface area contributed by atoms with Crippen LogP contribution in [0, 0.1) is 12.8 Å². The molecule has 0 N–H and O–H groups in total. The summed E-state index contributed by atoms with van der Waals surface area (Å²) in [7, 11) is 1.91. The van der Waals surface area contributed by atoms with Crippen LogP contribution in [0.5, 0.6) is 0 Å². The monoisotopic (exact) mass is 373 g/mol. The van der Waals surface area contributed by atoms with Crippen molar-refractivity contribution in [1.82, 2.24) is 4.90 Å². The van der Waals surface area contributed by atoms with Gasteiger partial charge in [-0.15, -0.1) is 0 Å². The van der Waals surface area contributed by atoms with Crippen molar-refractivity contribution in [1.29, 1.82) is 0 Å². The number of amides is 2. The molecule has 1 aliphatic heterocycles. The lowest BCUT2D eigenvalue weighted by atomic mass is 9.87. The number of nitrogens with zero attached hydrogens (tertiary/aromatic N) is 3. The van der Waals surface area contributed by atoms with E-state index in [-0.39, 0.29) is 18.4 Å². The van der Waals surface area contributed by atoms with Gasteiger partial charge in [-0.2, -0.15) is 0 Å². The zero-order valence-electron chi connectivity index (χ0n) is 15.8. The van der Waals surface area contributed by atoms with Crippen LogP contribution in [0.4, 0.5) is 5.69 Å². The van der Waals surface area contributed by atoms with E-state index in [1.165, 1.54) is 24.6 Å². The van der Waals surface area contributed by atoms with E-state index in [9.17, 15) is 9.59 Å². The molecule has 1 aromatic carbocycles. The van der Waals surface area contributed by atoms with E-state index in [1.54, 1.807) is 4.90 Å². The second-order valence-electron chi connectivity index (χ2n) is 7.37. The Balaban J connectivity index is 1.58. The Bertz CT molecular complexity index is 694. The molecule has 0 spiro atoms. The number of hydrogen-bond donors (Lipinski definition) is 0. The van der Waals surface area contributed by atoms with Gasteiger partial charge in [-0.3, -0.25) is 19.5 Å². The highest BCUT2D eigenvalue weighted by Gasteiger charge is 2.29. The van der Waals surface area contributed by atoms with Crippen molar-refractivity contribution in [3.05, 3.63) is 29.8 Å².